The Morgan fingerprint density at radius 2 is 2.31 bits per heavy atom. The summed E-state index contributed by atoms with van der Waals surface area (Å²) in [5.41, 5.74) is 0. The molecule has 3 nitrogen and oxygen atoms in total. The van der Waals surface area contributed by atoms with Crippen molar-refractivity contribution in [3.8, 4) is 0 Å². The monoisotopic (exact) mass is 184 g/mol. The smallest absolute Gasteiger partial charge is 0.216 e. The lowest BCUT2D eigenvalue weighted by atomic mass is 10.0. The first-order chi connectivity index (χ1) is 6.20. The number of amides is 1. The molecule has 1 aliphatic heterocycles. The second kappa shape index (κ2) is 5.22. The molecule has 0 radical (unpaired) electrons. The molecule has 0 aliphatic carbocycles. The van der Waals surface area contributed by atoms with E-state index in [0.717, 1.165) is 13.1 Å². The second-order valence-corrected chi connectivity index (χ2v) is 3.86. The zero-order chi connectivity index (χ0) is 9.68. The first-order valence-corrected chi connectivity index (χ1v) is 5.18. The van der Waals surface area contributed by atoms with E-state index in [1.54, 1.807) is 6.92 Å². The van der Waals surface area contributed by atoms with Gasteiger partial charge < -0.3 is 5.32 Å². The van der Waals surface area contributed by atoms with Crippen molar-refractivity contribution in [1.29, 1.82) is 0 Å². The van der Waals surface area contributed by atoms with Crippen molar-refractivity contribution in [1.82, 2.24) is 10.2 Å². The molecule has 1 heterocycles. The van der Waals surface area contributed by atoms with Gasteiger partial charge in [-0.3, -0.25) is 9.69 Å². The van der Waals surface area contributed by atoms with Crippen LogP contribution in [0, 0.1) is 0 Å². The Kier molecular flexibility index (Phi) is 4.22. The SMILES string of the molecule is CC(=O)NCCN1CCCCC1C. The molecular formula is C10H20N2O. The van der Waals surface area contributed by atoms with Crippen LogP contribution in [0.15, 0.2) is 0 Å². The van der Waals surface area contributed by atoms with Gasteiger partial charge in [0.25, 0.3) is 0 Å². The van der Waals surface area contributed by atoms with Gasteiger partial charge in [0.2, 0.25) is 5.91 Å². The first-order valence-electron chi connectivity index (χ1n) is 5.18. The Morgan fingerprint density at radius 3 is 2.92 bits per heavy atom. The second-order valence-electron chi connectivity index (χ2n) is 3.86. The van der Waals surface area contributed by atoms with E-state index in [1.165, 1.54) is 25.8 Å². The highest BCUT2D eigenvalue weighted by atomic mass is 16.1. The Balaban J connectivity index is 2.15. The van der Waals surface area contributed by atoms with E-state index in [2.05, 4.69) is 17.1 Å². The largest absolute Gasteiger partial charge is 0.355 e. The van der Waals surface area contributed by atoms with Gasteiger partial charge in [0.15, 0.2) is 0 Å². The summed E-state index contributed by atoms with van der Waals surface area (Å²) < 4.78 is 0. The van der Waals surface area contributed by atoms with Crippen LogP contribution in [0.4, 0.5) is 0 Å². The quantitative estimate of drug-likeness (QED) is 0.709. The molecule has 1 amide bonds. The van der Waals surface area contributed by atoms with Crippen LogP contribution in [0.3, 0.4) is 0 Å². The van der Waals surface area contributed by atoms with Gasteiger partial charge in [-0.1, -0.05) is 6.42 Å². The topological polar surface area (TPSA) is 32.3 Å². The molecule has 1 N–H and O–H groups in total. The van der Waals surface area contributed by atoms with Crippen LogP contribution >= 0.6 is 0 Å². The zero-order valence-corrected chi connectivity index (χ0v) is 8.68. The number of likely N-dealkylation sites (tertiary alicyclic amines) is 1. The molecule has 1 fully saturated rings. The van der Waals surface area contributed by atoms with Gasteiger partial charge in [0.1, 0.15) is 0 Å². The van der Waals surface area contributed by atoms with E-state index >= 15 is 0 Å². The standard InChI is InChI=1S/C10H20N2O/c1-9-5-3-4-7-12(9)8-6-11-10(2)13/h9H,3-8H2,1-2H3,(H,11,13). The molecular weight excluding hydrogens is 164 g/mol. The van der Waals surface area contributed by atoms with Gasteiger partial charge in [-0.2, -0.15) is 0 Å². The maximum Gasteiger partial charge on any atom is 0.216 e. The number of hydrogen-bond donors (Lipinski definition) is 1. The van der Waals surface area contributed by atoms with Crippen LogP contribution in [-0.2, 0) is 4.79 Å². The molecule has 0 bridgehead atoms. The Bertz CT molecular complexity index is 170. The molecule has 1 atom stereocenters. The lowest BCUT2D eigenvalue weighted by Crippen LogP contribution is -2.42. The van der Waals surface area contributed by atoms with Crippen molar-refractivity contribution >= 4 is 5.91 Å². The minimum absolute atomic E-state index is 0.0738. The molecule has 3 heteroatoms. The van der Waals surface area contributed by atoms with Gasteiger partial charge in [-0.25, -0.2) is 0 Å². The van der Waals surface area contributed by atoms with Gasteiger partial charge in [-0.05, 0) is 26.3 Å². The molecule has 0 aromatic carbocycles. The highest BCUT2D eigenvalue weighted by Crippen LogP contribution is 2.15. The van der Waals surface area contributed by atoms with E-state index in [0.29, 0.717) is 6.04 Å². The predicted octanol–water partition coefficient (Wildman–Crippen LogP) is 0.997. The number of nitrogens with zero attached hydrogens (tertiary/aromatic N) is 1. The van der Waals surface area contributed by atoms with E-state index in [1.807, 2.05) is 0 Å². The third kappa shape index (κ3) is 3.77. The lowest BCUT2D eigenvalue weighted by Gasteiger charge is -2.33. The van der Waals surface area contributed by atoms with E-state index in [9.17, 15) is 4.79 Å². The third-order valence-corrected chi connectivity index (χ3v) is 2.71. The Morgan fingerprint density at radius 1 is 1.54 bits per heavy atom. The summed E-state index contributed by atoms with van der Waals surface area (Å²) in [5.74, 6) is 0.0738. The normalized spacial score (nSPS) is 24.3. The fourth-order valence-corrected chi connectivity index (χ4v) is 1.87. The molecule has 13 heavy (non-hydrogen) atoms. The lowest BCUT2D eigenvalue weighted by molar-refractivity contribution is -0.119. The number of hydrogen-bond acceptors (Lipinski definition) is 2. The summed E-state index contributed by atoms with van der Waals surface area (Å²) >= 11 is 0. The maximum absolute atomic E-state index is 10.6. The zero-order valence-electron chi connectivity index (χ0n) is 8.68. The average molecular weight is 184 g/mol. The van der Waals surface area contributed by atoms with E-state index in [4.69, 9.17) is 0 Å². The number of carbonyl (C=O) groups is 1. The summed E-state index contributed by atoms with van der Waals surface area (Å²) in [6, 6.07) is 0.697. The maximum atomic E-state index is 10.6. The summed E-state index contributed by atoms with van der Waals surface area (Å²) in [4.78, 5) is 13.1. The number of piperidine rings is 1. The molecule has 0 spiro atoms. The van der Waals surface area contributed by atoms with Crippen molar-refractivity contribution in [2.24, 2.45) is 0 Å². The Hall–Kier alpha value is -0.570. The number of carbonyl (C=O) groups excluding carboxylic acids is 1. The predicted molar refractivity (Wildman–Crippen MR) is 53.6 cm³/mol. The summed E-state index contributed by atoms with van der Waals surface area (Å²) in [6.07, 6.45) is 3.97. The fourth-order valence-electron chi connectivity index (χ4n) is 1.87. The molecule has 1 aliphatic rings. The summed E-state index contributed by atoms with van der Waals surface area (Å²) in [5, 5.41) is 2.83. The van der Waals surface area contributed by atoms with Gasteiger partial charge in [0.05, 0.1) is 0 Å². The van der Waals surface area contributed by atoms with Crippen LogP contribution in [0.2, 0.25) is 0 Å². The van der Waals surface area contributed by atoms with Crippen molar-refractivity contribution in [2.75, 3.05) is 19.6 Å². The van der Waals surface area contributed by atoms with Crippen molar-refractivity contribution in [3.63, 3.8) is 0 Å². The van der Waals surface area contributed by atoms with Crippen molar-refractivity contribution in [2.45, 2.75) is 39.2 Å². The van der Waals surface area contributed by atoms with Gasteiger partial charge in [0, 0.05) is 26.1 Å². The van der Waals surface area contributed by atoms with Gasteiger partial charge >= 0.3 is 0 Å². The average Bonchev–Trinajstić information content (AvgIpc) is 2.08. The molecule has 0 saturated carbocycles. The summed E-state index contributed by atoms with van der Waals surface area (Å²) in [7, 11) is 0. The molecule has 1 rings (SSSR count). The molecule has 1 unspecified atom stereocenters. The van der Waals surface area contributed by atoms with E-state index < -0.39 is 0 Å². The van der Waals surface area contributed by atoms with Crippen LogP contribution in [0.1, 0.15) is 33.1 Å². The third-order valence-electron chi connectivity index (χ3n) is 2.71. The van der Waals surface area contributed by atoms with E-state index in [-0.39, 0.29) is 5.91 Å². The van der Waals surface area contributed by atoms with Crippen molar-refractivity contribution in [3.05, 3.63) is 0 Å². The van der Waals surface area contributed by atoms with Crippen molar-refractivity contribution < 1.29 is 4.79 Å². The molecule has 0 aromatic rings. The highest BCUT2D eigenvalue weighted by Gasteiger charge is 2.16. The van der Waals surface area contributed by atoms with Crippen LogP contribution in [0.5, 0.6) is 0 Å². The summed E-state index contributed by atoms with van der Waals surface area (Å²) in [6.45, 7) is 6.83. The number of rotatable bonds is 3. The van der Waals surface area contributed by atoms with Crippen LogP contribution in [-0.4, -0.2) is 36.5 Å². The molecule has 0 aromatic heterocycles. The first kappa shape index (κ1) is 10.5. The van der Waals surface area contributed by atoms with Gasteiger partial charge in [-0.15, -0.1) is 0 Å². The fraction of sp³-hybridized carbons (Fsp3) is 0.900. The van der Waals surface area contributed by atoms with Crippen LogP contribution < -0.4 is 5.32 Å². The Labute approximate surface area is 80.5 Å². The minimum Gasteiger partial charge on any atom is -0.355 e. The molecule has 1 saturated heterocycles. The number of nitrogens with one attached hydrogen (secondary N) is 1. The highest BCUT2D eigenvalue weighted by molar-refractivity contribution is 5.72. The van der Waals surface area contributed by atoms with Crippen LogP contribution in [0.25, 0.3) is 0 Å². The molecule has 76 valence electrons. The minimum atomic E-state index is 0.0738.